The minimum Gasteiger partial charge on any atom is -0.343 e. The quantitative estimate of drug-likeness (QED) is 0.496. The van der Waals surface area contributed by atoms with Crippen molar-refractivity contribution in [1.82, 2.24) is 9.47 Å². The van der Waals surface area contributed by atoms with Crippen LogP contribution in [0.1, 0.15) is 36.2 Å². The van der Waals surface area contributed by atoms with Crippen LogP contribution in [-0.4, -0.2) is 40.3 Å². The number of benzene rings is 1. The minimum atomic E-state index is -0.390. The number of nitro benzene ring substituents is 1. The topological polar surface area (TPSA) is 68.4 Å². The van der Waals surface area contributed by atoms with Crippen molar-refractivity contribution in [2.45, 2.75) is 25.8 Å². The average molecular weight is 301 g/mol. The summed E-state index contributed by atoms with van der Waals surface area (Å²) < 4.78 is 2.06. The standard InChI is InChI=1S/C16H19N3O3/c1-11(20)15-10-18(12-5-7-17(2)8-6-12)16-9-13(19(21)22)3-4-14(15)16/h3-4,9-10,12H,5-8H2,1-2H3. The predicted molar refractivity (Wildman–Crippen MR) is 84.4 cm³/mol. The number of hydrogen-bond acceptors (Lipinski definition) is 4. The van der Waals surface area contributed by atoms with E-state index in [2.05, 4.69) is 16.5 Å². The van der Waals surface area contributed by atoms with Crippen molar-refractivity contribution >= 4 is 22.4 Å². The van der Waals surface area contributed by atoms with Crippen LogP contribution in [0.4, 0.5) is 5.69 Å². The Kier molecular flexibility index (Phi) is 3.70. The largest absolute Gasteiger partial charge is 0.343 e. The zero-order valence-electron chi connectivity index (χ0n) is 12.8. The molecule has 1 aromatic carbocycles. The van der Waals surface area contributed by atoms with E-state index in [0.717, 1.165) is 36.8 Å². The Balaban J connectivity index is 2.13. The lowest BCUT2D eigenvalue weighted by Crippen LogP contribution is -2.31. The lowest BCUT2D eigenvalue weighted by molar-refractivity contribution is -0.384. The molecule has 0 bridgehead atoms. The summed E-state index contributed by atoms with van der Waals surface area (Å²) in [5.74, 6) is -0.00877. The van der Waals surface area contributed by atoms with Crippen LogP contribution in [0.2, 0.25) is 0 Å². The molecule has 22 heavy (non-hydrogen) atoms. The van der Waals surface area contributed by atoms with Gasteiger partial charge in [-0.1, -0.05) is 0 Å². The molecule has 2 aromatic rings. The number of nitro groups is 1. The van der Waals surface area contributed by atoms with Gasteiger partial charge < -0.3 is 9.47 Å². The summed E-state index contributed by atoms with van der Waals surface area (Å²) in [7, 11) is 2.09. The molecule has 0 atom stereocenters. The number of aromatic nitrogens is 1. The minimum absolute atomic E-state index is 0.00877. The number of nitrogens with zero attached hydrogens (tertiary/aromatic N) is 3. The monoisotopic (exact) mass is 301 g/mol. The predicted octanol–water partition coefficient (Wildman–Crippen LogP) is 3.02. The van der Waals surface area contributed by atoms with Gasteiger partial charge in [0, 0.05) is 35.3 Å². The van der Waals surface area contributed by atoms with Gasteiger partial charge in [0.25, 0.3) is 5.69 Å². The molecule has 116 valence electrons. The first-order valence-corrected chi connectivity index (χ1v) is 7.46. The Labute approximate surface area is 128 Å². The highest BCUT2D eigenvalue weighted by molar-refractivity contribution is 6.07. The Morgan fingerprint density at radius 1 is 1.32 bits per heavy atom. The molecule has 6 nitrogen and oxygen atoms in total. The maximum Gasteiger partial charge on any atom is 0.271 e. The highest BCUT2D eigenvalue weighted by atomic mass is 16.6. The van der Waals surface area contributed by atoms with Gasteiger partial charge in [0.1, 0.15) is 0 Å². The van der Waals surface area contributed by atoms with Crippen molar-refractivity contribution in [3.8, 4) is 0 Å². The van der Waals surface area contributed by atoms with Crippen LogP contribution in [0.15, 0.2) is 24.4 Å². The summed E-state index contributed by atoms with van der Waals surface area (Å²) in [5.41, 5.74) is 1.49. The van der Waals surface area contributed by atoms with Crippen LogP contribution in [0.25, 0.3) is 10.9 Å². The van der Waals surface area contributed by atoms with Crippen molar-refractivity contribution in [3.63, 3.8) is 0 Å². The Hall–Kier alpha value is -2.21. The summed E-state index contributed by atoms with van der Waals surface area (Å²) in [5, 5.41) is 11.8. The molecule has 0 unspecified atom stereocenters. The first kappa shape index (κ1) is 14.7. The van der Waals surface area contributed by atoms with E-state index in [1.165, 1.54) is 13.0 Å². The smallest absolute Gasteiger partial charge is 0.271 e. The summed E-state index contributed by atoms with van der Waals surface area (Å²) in [6.07, 6.45) is 3.84. The molecule has 6 heteroatoms. The third-order valence-corrected chi connectivity index (χ3v) is 4.49. The molecule has 1 saturated heterocycles. The number of likely N-dealkylation sites (tertiary alicyclic amines) is 1. The molecule has 0 amide bonds. The van der Waals surface area contributed by atoms with Crippen molar-refractivity contribution in [1.29, 1.82) is 0 Å². The highest BCUT2D eigenvalue weighted by Crippen LogP contribution is 2.32. The normalized spacial score (nSPS) is 17.0. The molecule has 1 aromatic heterocycles. The van der Waals surface area contributed by atoms with Crippen LogP contribution < -0.4 is 0 Å². The summed E-state index contributed by atoms with van der Waals surface area (Å²) in [6.45, 7) is 3.53. The van der Waals surface area contributed by atoms with E-state index in [9.17, 15) is 14.9 Å². The van der Waals surface area contributed by atoms with E-state index in [0.29, 0.717) is 5.56 Å². The van der Waals surface area contributed by atoms with E-state index >= 15 is 0 Å². The van der Waals surface area contributed by atoms with Gasteiger partial charge in [-0.15, -0.1) is 0 Å². The summed E-state index contributed by atoms with van der Waals surface area (Å²) in [4.78, 5) is 24.8. The molecule has 3 rings (SSSR count). The number of carbonyl (C=O) groups excluding carboxylic acids is 1. The molecule has 1 fully saturated rings. The van der Waals surface area contributed by atoms with Gasteiger partial charge in [-0.25, -0.2) is 0 Å². The van der Waals surface area contributed by atoms with E-state index < -0.39 is 4.92 Å². The lowest BCUT2D eigenvalue weighted by Gasteiger charge is -2.30. The Bertz CT molecular complexity index is 742. The first-order chi connectivity index (χ1) is 10.5. The van der Waals surface area contributed by atoms with E-state index in [-0.39, 0.29) is 17.5 Å². The molecule has 0 N–H and O–H groups in total. The zero-order valence-corrected chi connectivity index (χ0v) is 12.8. The molecule has 0 spiro atoms. The molecule has 0 saturated carbocycles. The fourth-order valence-electron chi connectivity index (χ4n) is 3.21. The number of non-ortho nitro benzene ring substituents is 1. The van der Waals surface area contributed by atoms with Crippen molar-refractivity contribution in [2.24, 2.45) is 0 Å². The van der Waals surface area contributed by atoms with Crippen LogP contribution >= 0.6 is 0 Å². The van der Waals surface area contributed by atoms with E-state index in [1.54, 1.807) is 12.1 Å². The SMILES string of the molecule is CC(=O)c1cn(C2CCN(C)CC2)c2cc([N+](=O)[O-])ccc12. The molecule has 1 aliphatic heterocycles. The van der Waals surface area contributed by atoms with Gasteiger partial charge in [0.05, 0.1) is 10.4 Å². The zero-order chi connectivity index (χ0) is 15.9. The summed E-state index contributed by atoms with van der Waals surface area (Å²) in [6, 6.07) is 5.03. The van der Waals surface area contributed by atoms with Crippen LogP contribution in [-0.2, 0) is 0 Å². The maximum absolute atomic E-state index is 11.9. The van der Waals surface area contributed by atoms with E-state index in [1.807, 2.05) is 6.20 Å². The van der Waals surface area contributed by atoms with E-state index in [4.69, 9.17) is 0 Å². The van der Waals surface area contributed by atoms with Gasteiger partial charge in [-0.2, -0.15) is 0 Å². The van der Waals surface area contributed by atoms with Crippen molar-refractivity contribution in [3.05, 3.63) is 40.1 Å². The molecule has 1 aliphatic rings. The Morgan fingerprint density at radius 2 is 2.00 bits per heavy atom. The second-order valence-electron chi connectivity index (χ2n) is 6.00. The number of piperidine rings is 1. The lowest BCUT2D eigenvalue weighted by atomic mass is 10.1. The van der Waals surface area contributed by atoms with Gasteiger partial charge in [-0.3, -0.25) is 14.9 Å². The fourth-order valence-corrected chi connectivity index (χ4v) is 3.21. The maximum atomic E-state index is 11.9. The number of carbonyl (C=O) groups is 1. The number of fused-ring (bicyclic) bond motifs is 1. The van der Waals surface area contributed by atoms with Crippen LogP contribution in [0.3, 0.4) is 0 Å². The number of Topliss-reactive ketones (excluding diaryl/α,β-unsaturated/α-hetero) is 1. The highest BCUT2D eigenvalue weighted by Gasteiger charge is 2.23. The second kappa shape index (κ2) is 5.53. The number of hydrogen-bond donors (Lipinski definition) is 0. The van der Waals surface area contributed by atoms with Crippen LogP contribution in [0, 0.1) is 10.1 Å². The first-order valence-electron chi connectivity index (χ1n) is 7.46. The Morgan fingerprint density at radius 3 is 2.59 bits per heavy atom. The molecule has 0 aliphatic carbocycles. The molecular formula is C16H19N3O3. The molecule has 0 radical (unpaired) electrons. The number of ketones is 1. The van der Waals surface area contributed by atoms with Crippen molar-refractivity contribution in [2.75, 3.05) is 20.1 Å². The second-order valence-corrected chi connectivity index (χ2v) is 6.00. The fraction of sp³-hybridized carbons (Fsp3) is 0.438. The third-order valence-electron chi connectivity index (χ3n) is 4.49. The van der Waals surface area contributed by atoms with Crippen LogP contribution in [0.5, 0.6) is 0 Å². The molecule has 2 heterocycles. The van der Waals surface area contributed by atoms with Gasteiger partial charge >= 0.3 is 0 Å². The summed E-state index contributed by atoms with van der Waals surface area (Å²) >= 11 is 0. The molecular weight excluding hydrogens is 282 g/mol. The van der Waals surface area contributed by atoms with Gasteiger partial charge in [0.15, 0.2) is 5.78 Å². The van der Waals surface area contributed by atoms with Gasteiger partial charge in [0.2, 0.25) is 0 Å². The van der Waals surface area contributed by atoms with Crippen molar-refractivity contribution < 1.29 is 9.72 Å². The number of rotatable bonds is 3. The van der Waals surface area contributed by atoms with Gasteiger partial charge in [-0.05, 0) is 46.0 Å². The third kappa shape index (κ3) is 2.50. The average Bonchev–Trinajstić information content (AvgIpc) is 2.87.